The van der Waals surface area contributed by atoms with Gasteiger partial charge in [-0.05, 0) is 39.5 Å². The number of hydrogen-bond donors (Lipinski definition) is 2. The predicted octanol–water partition coefficient (Wildman–Crippen LogP) is 0.822. The Morgan fingerprint density at radius 2 is 2.14 bits per heavy atom. The molecular weight excluding hydrogens is 268 g/mol. The third-order valence-corrected chi connectivity index (χ3v) is 3.61. The van der Waals surface area contributed by atoms with Gasteiger partial charge in [0.1, 0.15) is 0 Å². The zero-order valence-corrected chi connectivity index (χ0v) is 13.8. The molecule has 0 aromatic rings. The van der Waals surface area contributed by atoms with E-state index in [1.165, 1.54) is 12.8 Å². The highest BCUT2D eigenvalue weighted by Gasteiger charge is 2.25. The van der Waals surface area contributed by atoms with Gasteiger partial charge in [-0.25, -0.2) is 0 Å². The van der Waals surface area contributed by atoms with Crippen molar-refractivity contribution >= 4 is 11.9 Å². The fourth-order valence-electron chi connectivity index (χ4n) is 1.66. The minimum absolute atomic E-state index is 0.336. The van der Waals surface area contributed by atoms with E-state index in [1.54, 1.807) is 13.8 Å². The lowest BCUT2D eigenvalue weighted by Gasteiger charge is -2.24. The molecular formula is C15H30N4O2. The molecule has 0 atom stereocenters. The van der Waals surface area contributed by atoms with Gasteiger partial charge >= 0.3 is 0 Å². The topological polar surface area (TPSA) is 79.9 Å². The maximum Gasteiger partial charge on any atom is 0.224 e. The van der Waals surface area contributed by atoms with E-state index in [-0.39, 0.29) is 5.91 Å². The molecule has 0 radical (unpaired) electrons. The van der Waals surface area contributed by atoms with E-state index in [2.05, 4.69) is 10.3 Å². The molecule has 0 heterocycles. The third kappa shape index (κ3) is 6.80. The number of nitrogens with zero attached hydrogens (tertiary/aromatic N) is 2. The zero-order valence-electron chi connectivity index (χ0n) is 13.8. The first-order valence-electron chi connectivity index (χ1n) is 7.74. The number of nitrogens with two attached hydrogens (primary N) is 1. The lowest BCUT2D eigenvalue weighted by Crippen LogP contribution is -2.42. The molecule has 1 aliphatic carbocycles. The summed E-state index contributed by atoms with van der Waals surface area (Å²) in [4.78, 5) is 17.9. The SMILES string of the molecule is CCNC(=NCC(C)(C)C(N)=O)N(C)CCOCC1CC1. The van der Waals surface area contributed by atoms with Crippen molar-refractivity contribution in [3.05, 3.63) is 0 Å². The number of hydrogen-bond acceptors (Lipinski definition) is 3. The Kier molecular flexibility index (Phi) is 6.95. The highest BCUT2D eigenvalue weighted by Crippen LogP contribution is 2.28. The van der Waals surface area contributed by atoms with Gasteiger partial charge < -0.3 is 20.7 Å². The number of ether oxygens (including phenoxy) is 1. The first-order chi connectivity index (χ1) is 9.86. The zero-order chi connectivity index (χ0) is 15.9. The summed E-state index contributed by atoms with van der Waals surface area (Å²) < 4.78 is 5.64. The van der Waals surface area contributed by atoms with Crippen LogP contribution in [0.1, 0.15) is 33.6 Å². The van der Waals surface area contributed by atoms with Crippen LogP contribution in [0.5, 0.6) is 0 Å². The molecule has 0 aromatic heterocycles. The Balaban J connectivity index is 2.42. The number of guanidine groups is 1. The average Bonchev–Trinajstić information content (AvgIpc) is 3.23. The molecule has 6 nitrogen and oxygen atoms in total. The van der Waals surface area contributed by atoms with E-state index in [9.17, 15) is 4.79 Å². The molecule has 122 valence electrons. The van der Waals surface area contributed by atoms with Crippen LogP contribution in [0.25, 0.3) is 0 Å². The molecule has 0 saturated heterocycles. The van der Waals surface area contributed by atoms with Crippen LogP contribution in [-0.4, -0.2) is 56.7 Å². The summed E-state index contributed by atoms with van der Waals surface area (Å²) >= 11 is 0. The van der Waals surface area contributed by atoms with Crippen LogP contribution < -0.4 is 11.1 Å². The lowest BCUT2D eigenvalue weighted by atomic mass is 9.93. The number of carbonyl (C=O) groups is 1. The van der Waals surface area contributed by atoms with Gasteiger partial charge in [-0.3, -0.25) is 9.79 Å². The second kappa shape index (κ2) is 8.22. The van der Waals surface area contributed by atoms with Crippen molar-refractivity contribution < 1.29 is 9.53 Å². The fraction of sp³-hybridized carbons (Fsp3) is 0.867. The van der Waals surface area contributed by atoms with Crippen molar-refractivity contribution in [1.29, 1.82) is 0 Å². The van der Waals surface area contributed by atoms with Gasteiger partial charge in [-0.1, -0.05) is 0 Å². The predicted molar refractivity (Wildman–Crippen MR) is 85.1 cm³/mol. The Labute approximate surface area is 128 Å². The number of aliphatic imine (C=N–C) groups is 1. The van der Waals surface area contributed by atoms with Crippen molar-refractivity contribution in [2.24, 2.45) is 22.1 Å². The molecule has 0 spiro atoms. The van der Waals surface area contributed by atoms with Crippen molar-refractivity contribution in [2.45, 2.75) is 33.6 Å². The summed E-state index contributed by atoms with van der Waals surface area (Å²) in [5, 5.41) is 3.22. The number of amides is 1. The van der Waals surface area contributed by atoms with Gasteiger partial charge in [0, 0.05) is 26.7 Å². The van der Waals surface area contributed by atoms with E-state index in [4.69, 9.17) is 10.5 Å². The number of carbonyl (C=O) groups excluding carboxylic acids is 1. The molecule has 1 rings (SSSR count). The first kappa shape index (κ1) is 17.8. The molecule has 1 fully saturated rings. The third-order valence-electron chi connectivity index (χ3n) is 3.61. The summed E-state index contributed by atoms with van der Waals surface area (Å²) in [5.41, 5.74) is 4.74. The largest absolute Gasteiger partial charge is 0.379 e. The monoisotopic (exact) mass is 298 g/mol. The van der Waals surface area contributed by atoms with E-state index in [1.807, 2.05) is 18.9 Å². The average molecular weight is 298 g/mol. The number of nitrogens with one attached hydrogen (secondary N) is 1. The Hall–Kier alpha value is -1.30. The first-order valence-corrected chi connectivity index (χ1v) is 7.74. The lowest BCUT2D eigenvalue weighted by molar-refractivity contribution is -0.125. The summed E-state index contributed by atoms with van der Waals surface area (Å²) in [5.74, 6) is 1.23. The summed E-state index contributed by atoms with van der Waals surface area (Å²) in [6.07, 6.45) is 2.62. The molecule has 6 heteroatoms. The molecule has 0 unspecified atom stereocenters. The minimum atomic E-state index is -0.635. The Morgan fingerprint density at radius 3 is 2.67 bits per heavy atom. The second-order valence-electron chi connectivity index (χ2n) is 6.36. The van der Waals surface area contributed by atoms with E-state index in [0.29, 0.717) is 13.2 Å². The molecule has 21 heavy (non-hydrogen) atoms. The highest BCUT2D eigenvalue weighted by molar-refractivity contribution is 5.82. The second-order valence-corrected chi connectivity index (χ2v) is 6.36. The summed E-state index contributed by atoms with van der Waals surface area (Å²) in [6, 6.07) is 0. The van der Waals surface area contributed by atoms with Crippen molar-refractivity contribution in [3.63, 3.8) is 0 Å². The van der Waals surface area contributed by atoms with Crippen LogP contribution >= 0.6 is 0 Å². The standard InChI is InChI=1S/C15H30N4O2/c1-5-17-14(18-11-15(2,3)13(16)20)19(4)8-9-21-10-12-6-7-12/h12H,5-11H2,1-4H3,(H2,16,20)(H,17,18). The molecule has 0 aliphatic heterocycles. The molecule has 1 saturated carbocycles. The van der Waals surface area contributed by atoms with Crippen LogP contribution in [-0.2, 0) is 9.53 Å². The molecule has 1 aliphatic rings. The van der Waals surface area contributed by atoms with E-state index in [0.717, 1.165) is 31.6 Å². The smallest absolute Gasteiger partial charge is 0.224 e. The summed E-state index contributed by atoms with van der Waals surface area (Å²) in [6.45, 7) is 9.12. The van der Waals surface area contributed by atoms with E-state index < -0.39 is 5.41 Å². The van der Waals surface area contributed by atoms with Crippen LogP contribution in [0, 0.1) is 11.3 Å². The quantitative estimate of drug-likeness (QED) is 0.375. The van der Waals surface area contributed by atoms with Crippen LogP contribution in [0.4, 0.5) is 0 Å². The van der Waals surface area contributed by atoms with E-state index >= 15 is 0 Å². The van der Waals surface area contributed by atoms with Crippen LogP contribution in [0.3, 0.4) is 0 Å². The molecule has 0 aromatic carbocycles. The number of primary amides is 1. The Bertz CT molecular complexity index is 365. The van der Waals surface area contributed by atoms with Gasteiger partial charge in [-0.15, -0.1) is 0 Å². The van der Waals surface area contributed by atoms with Crippen LogP contribution in [0.2, 0.25) is 0 Å². The number of likely N-dealkylation sites (N-methyl/N-ethyl adjacent to an activating group) is 1. The fourth-order valence-corrected chi connectivity index (χ4v) is 1.66. The molecule has 3 N–H and O–H groups in total. The van der Waals surface area contributed by atoms with Gasteiger partial charge in [-0.2, -0.15) is 0 Å². The minimum Gasteiger partial charge on any atom is -0.379 e. The molecule has 0 bridgehead atoms. The Morgan fingerprint density at radius 1 is 1.48 bits per heavy atom. The molecule has 1 amide bonds. The maximum absolute atomic E-state index is 11.3. The van der Waals surface area contributed by atoms with Gasteiger partial charge in [0.25, 0.3) is 0 Å². The van der Waals surface area contributed by atoms with Crippen molar-refractivity contribution in [2.75, 3.05) is 39.9 Å². The van der Waals surface area contributed by atoms with Crippen molar-refractivity contribution in [3.8, 4) is 0 Å². The summed E-state index contributed by atoms with van der Waals surface area (Å²) in [7, 11) is 1.97. The van der Waals surface area contributed by atoms with Crippen molar-refractivity contribution in [1.82, 2.24) is 10.2 Å². The maximum atomic E-state index is 11.3. The van der Waals surface area contributed by atoms with Gasteiger partial charge in [0.15, 0.2) is 5.96 Å². The highest BCUT2D eigenvalue weighted by atomic mass is 16.5. The number of rotatable bonds is 9. The normalized spacial score (nSPS) is 15.9. The van der Waals surface area contributed by atoms with Gasteiger partial charge in [0.05, 0.1) is 18.6 Å². The van der Waals surface area contributed by atoms with Gasteiger partial charge in [0.2, 0.25) is 5.91 Å². The van der Waals surface area contributed by atoms with Crippen LogP contribution in [0.15, 0.2) is 4.99 Å².